The van der Waals surface area contributed by atoms with Crippen molar-refractivity contribution >= 4 is 5.97 Å². The van der Waals surface area contributed by atoms with E-state index in [2.05, 4.69) is 4.74 Å². The van der Waals surface area contributed by atoms with Crippen LogP contribution in [0.2, 0.25) is 0 Å². The highest BCUT2D eigenvalue weighted by Gasteiger charge is 2.46. The van der Waals surface area contributed by atoms with Gasteiger partial charge in [0.2, 0.25) is 0 Å². The van der Waals surface area contributed by atoms with E-state index >= 15 is 0 Å². The average Bonchev–Trinajstić information content (AvgIpc) is 1.50. The molecule has 1 aliphatic carbocycles. The first kappa shape index (κ1) is 8.43. The van der Waals surface area contributed by atoms with E-state index in [1.54, 1.807) is 0 Å². The summed E-state index contributed by atoms with van der Waals surface area (Å²) in [6.07, 6.45) is -1.51. The molecule has 1 fully saturated rings. The zero-order chi connectivity index (χ0) is 8.48. The van der Waals surface area contributed by atoms with Crippen LogP contribution in [0.3, 0.4) is 0 Å². The first-order valence-corrected chi connectivity index (χ1v) is 3.60. The molecule has 0 aliphatic heterocycles. The number of ether oxygens (including phenoxy) is 1. The van der Waals surface area contributed by atoms with E-state index in [0.29, 0.717) is 12.8 Å². The second-order valence-electron chi connectivity index (χ2n) is 2.78. The second-order valence-corrected chi connectivity index (χ2v) is 2.78. The van der Waals surface area contributed by atoms with Gasteiger partial charge in [-0.2, -0.15) is 8.78 Å². The molecule has 0 unspecified atom stereocenters. The Morgan fingerprint density at radius 1 is 1.55 bits per heavy atom. The summed E-state index contributed by atoms with van der Waals surface area (Å²) in [4.78, 5) is 10.2. The Morgan fingerprint density at radius 2 is 2.09 bits per heavy atom. The number of halogens is 2. The van der Waals surface area contributed by atoms with Crippen LogP contribution in [0.15, 0.2) is 0 Å². The fraction of sp³-hybridized carbons (Fsp3) is 0.857. The quantitative estimate of drug-likeness (QED) is 0.583. The van der Waals surface area contributed by atoms with Crippen molar-refractivity contribution in [2.75, 3.05) is 0 Å². The number of alkyl halides is 2. The molecule has 0 heterocycles. The molecule has 0 amide bonds. The summed E-state index contributed by atoms with van der Waals surface area (Å²) in [5.74, 6) is -1.66. The maximum atomic E-state index is 12.7. The van der Waals surface area contributed by atoms with Crippen molar-refractivity contribution in [1.29, 1.82) is 0 Å². The zero-order valence-electron chi connectivity index (χ0n) is 6.27. The molecule has 11 heavy (non-hydrogen) atoms. The summed E-state index contributed by atoms with van der Waals surface area (Å²) in [6, 6.07) is 0. The van der Waals surface area contributed by atoms with Crippen LogP contribution in [-0.4, -0.2) is 12.1 Å². The van der Waals surface area contributed by atoms with Gasteiger partial charge in [0, 0.05) is 6.92 Å². The molecule has 4 heteroatoms. The van der Waals surface area contributed by atoms with Gasteiger partial charge in [0.15, 0.2) is 0 Å². The average molecular weight is 164 g/mol. The molecule has 2 nitrogen and oxygen atoms in total. The topological polar surface area (TPSA) is 26.3 Å². The van der Waals surface area contributed by atoms with Gasteiger partial charge in [0.05, 0.1) is 5.92 Å². The molecule has 0 aromatic heterocycles. The highest BCUT2D eigenvalue weighted by molar-refractivity contribution is 5.66. The summed E-state index contributed by atoms with van der Waals surface area (Å²) in [7, 11) is 0. The van der Waals surface area contributed by atoms with Crippen LogP contribution in [0.5, 0.6) is 0 Å². The van der Waals surface area contributed by atoms with Crippen molar-refractivity contribution in [3.8, 4) is 0 Å². The molecule has 0 saturated heterocycles. The predicted octanol–water partition coefficient (Wildman–Crippen LogP) is 1.94. The van der Waals surface area contributed by atoms with E-state index in [4.69, 9.17) is 0 Å². The highest BCUT2D eigenvalue weighted by atomic mass is 19.3. The molecule has 64 valence electrons. The van der Waals surface area contributed by atoms with Gasteiger partial charge in [-0.15, -0.1) is 0 Å². The van der Waals surface area contributed by atoms with Crippen LogP contribution >= 0.6 is 0 Å². The second kappa shape index (κ2) is 2.75. The van der Waals surface area contributed by atoms with E-state index in [1.165, 1.54) is 0 Å². The van der Waals surface area contributed by atoms with Gasteiger partial charge >= 0.3 is 12.1 Å². The lowest BCUT2D eigenvalue weighted by Crippen LogP contribution is -2.37. The van der Waals surface area contributed by atoms with E-state index in [1.807, 2.05) is 0 Å². The lowest BCUT2D eigenvalue weighted by molar-refractivity contribution is -0.268. The van der Waals surface area contributed by atoms with Crippen molar-refractivity contribution < 1.29 is 18.3 Å². The third-order valence-corrected chi connectivity index (χ3v) is 1.86. The molecule has 1 aliphatic rings. The lowest BCUT2D eigenvalue weighted by Gasteiger charge is -2.31. The maximum absolute atomic E-state index is 12.7. The summed E-state index contributed by atoms with van der Waals surface area (Å²) in [6.45, 7) is 0.993. The Labute approximate surface area is 63.5 Å². The Bertz CT molecular complexity index is 164. The third kappa shape index (κ3) is 1.88. The molecule has 0 radical (unpaired) electrons. The summed E-state index contributed by atoms with van der Waals surface area (Å²) in [5.41, 5.74) is 0. The fourth-order valence-corrected chi connectivity index (χ4v) is 1.02. The molecular formula is C7H10F2O2. The third-order valence-electron chi connectivity index (χ3n) is 1.86. The summed E-state index contributed by atoms with van der Waals surface area (Å²) < 4.78 is 29.2. The SMILES string of the molecule is CC(=O)OC(F)(F)C1CCC1. The van der Waals surface area contributed by atoms with Gasteiger partial charge in [-0.25, -0.2) is 0 Å². The monoisotopic (exact) mass is 164 g/mol. The van der Waals surface area contributed by atoms with Crippen LogP contribution in [0.25, 0.3) is 0 Å². The Kier molecular flexibility index (Phi) is 2.11. The van der Waals surface area contributed by atoms with Gasteiger partial charge in [-0.05, 0) is 12.8 Å². The van der Waals surface area contributed by atoms with Crippen molar-refractivity contribution in [2.24, 2.45) is 5.92 Å². The first-order chi connectivity index (χ1) is 5.02. The molecule has 0 atom stereocenters. The van der Waals surface area contributed by atoms with Crippen molar-refractivity contribution in [2.45, 2.75) is 32.3 Å². The van der Waals surface area contributed by atoms with Gasteiger partial charge < -0.3 is 4.74 Å². The van der Waals surface area contributed by atoms with E-state index in [-0.39, 0.29) is 0 Å². The minimum Gasteiger partial charge on any atom is -0.401 e. The smallest absolute Gasteiger partial charge is 0.401 e. The predicted molar refractivity (Wildman–Crippen MR) is 34.1 cm³/mol. The van der Waals surface area contributed by atoms with E-state index in [0.717, 1.165) is 13.3 Å². The van der Waals surface area contributed by atoms with Crippen LogP contribution in [0.1, 0.15) is 26.2 Å². The zero-order valence-corrected chi connectivity index (χ0v) is 6.27. The van der Waals surface area contributed by atoms with Crippen LogP contribution in [-0.2, 0) is 9.53 Å². The summed E-state index contributed by atoms with van der Waals surface area (Å²) in [5, 5.41) is 0. The largest absolute Gasteiger partial charge is 0.402 e. The van der Waals surface area contributed by atoms with Crippen LogP contribution in [0.4, 0.5) is 8.78 Å². The van der Waals surface area contributed by atoms with Crippen molar-refractivity contribution in [3.63, 3.8) is 0 Å². The van der Waals surface area contributed by atoms with Crippen molar-refractivity contribution in [1.82, 2.24) is 0 Å². The molecular weight excluding hydrogens is 154 g/mol. The van der Waals surface area contributed by atoms with Crippen LogP contribution in [0, 0.1) is 5.92 Å². The Balaban J connectivity index is 2.43. The Hall–Kier alpha value is -0.670. The summed E-state index contributed by atoms with van der Waals surface area (Å²) >= 11 is 0. The minimum absolute atomic E-state index is 0.459. The maximum Gasteiger partial charge on any atom is 0.402 e. The van der Waals surface area contributed by atoms with Gasteiger partial charge in [0.25, 0.3) is 0 Å². The Morgan fingerprint density at radius 3 is 2.36 bits per heavy atom. The fourth-order valence-electron chi connectivity index (χ4n) is 1.02. The molecule has 0 bridgehead atoms. The van der Waals surface area contributed by atoms with E-state index < -0.39 is 18.0 Å². The molecule has 0 aromatic carbocycles. The number of rotatable bonds is 2. The number of hydrogen-bond acceptors (Lipinski definition) is 2. The first-order valence-electron chi connectivity index (χ1n) is 3.60. The highest BCUT2D eigenvalue weighted by Crippen LogP contribution is 2.40. The number of carbonyl (C=O) groups is 1. The van der Waals surface area contributed by atoms with Gasteiger partial charge in [0.1, 0.15) is 0 Å². The van der Waals surface area contributed by atoms with E-state index in [9.17, 15) is 13.6 Å². The molecule has 1 saturated carbocycles. The van der Waals surface area contributed by atoms with Gasteiger partial charge in [-0.3, -0.25) is 4.79 Å². The lowest BCUT2D eigenvalue weighted by atomic mass is 9.84. The number of esters is 1. The molecule has 1 rings (SSSR count). The molecule has 0 aromatic rings. The standard InChI is InChI=1S/C7H10F2O2/c1-5(10)11-7(8,9)6-3-2-4-6/h6H,2-4H2,1H3. The molecule has 0 spiro atoms. The van der Waals surface area contributed by atoms with Gasteiger partial charge in [-0.1, -0.05) is 6.42 Å². The van der Waals surface area contributed by atoms with Crippen LogP contribution < -0.4 is 0 Å². The normalized spacial score (nSPS) is 19.2. The van der Waals surface area contributed by atoms with Crippen molar-refractivity contribution in [3.05, 3.63) is 0 Å². The number of carbonyl (C=O) groups excluding carboxylic acids is 1. The minimum atomic E-state index is -3.23. The molecule has 0 N–H and O–H groups in total. The number of hydrogen-bond donors (Lipinski definition) is 0.